The molecule has 20 heavy (non-hydrogen) atoms. The van der Waals surface area contributed by atoms with Crippen molar-refractivity contribution >= 4 is 11.9 Å². The van der Waals surface area contributed by atoms with Gasteiger partial charge in [0, 0.05) is 13.1 Å². The van der Waals surface area contributed by atoms with Gasteiger partial charge in [0.1, 0.15) is 0 Å². The molecule has 1 aromatic rings. The minimum absolute atomic E-state index is 0.229. The summed E-state index contributed by atoms with van der Waals surface area (Å²) in [5.41, 5.74) is 2.42. The molecule has 1 aromatic carbocycles. The van der Waals surface area contributed by atoms with E-state index < -0.39 is 0 Å². The Morgan fingerprint density at radius 2 is 2.05 bits per heavy atom. The number of rotatable bonds is 6. The van der Waals surface area contributed by atoms with E-state index in [1.165, 1.54) is 18.2 Å². The van der Waals surface area contributed by atoms with Crippen LogP contribution in [0.25, 0.3) is 0 Å². The van der Waals surface area contributed by atoms with Crippen molar-refractivity contribution in [3.05, 3.63) is 35.4 Å². The molecule has 2 N–H and O–H groups in total. The van der Waals surface area contributed by atoms with Crippen LogP contribution in [0.3, 0.4) is 0 Å². The highest BCUT2D eigenvalue weighted by atomic mass is 16.5. The first-order valence-electron chi connectivity index (χ1n) is 6.81. The Bertz CT molecular complexity index is 458. The predicted octanol–water partition coefficient (Wildman–Crippen LogP) is 1.61. The molecule has 0 heterocycles. The summed E-state index contributed by atoms with van der Waals surface area (Å²) in [7, 11) is 1.39. The fourth-order valence-electron chi connectivity index (χ4n) is 1.68. The number of benzene rings is 1. The highest BCUT2D eigenvalue weighted by Crippen LogP contribution is 2.07. The van der Waals surface area contributed by atoms with E-state index in [-0.39, 0.29) is 5.97 Å². The van der Waals surface area contributed by atoms with Crippen LogP contribution in [0, 0.1) is 6.92 Å². The lowest BCUT2D eigenvalue weighted by Crippen LogP contribution is -2.38. The van der Waals surface area contributed by atoms with Gasteiger partial charge < -0.3 is 15.4 Å². The zero-order chi connectivity index (χ0) is 14.8. The molecule has 0 radical (unpaired) electrons. The van der Waals surface area contributed by atoms with E-state index in [1.807, 2.05) is 19.1 Å². The van der Waals surface area contributed by atoms with Gasteiger partial charge in [0.05, 0.1) is 20.1 Å². The summed E-state index contributed by atoms with van der Waals surface area (Å²) in [5.74, 6) is 0.479. The minimum Gasteiger partial charge on any atom is -0.469 e. The molecular weight excluding hydrogens is 254 g/mol. The van der Waals surface area contributed by atoms with Crippen molar-refractivity contribution < 1.29 is 9.53 Å². The molecule has 0 bridgehead atoms. The maximum Gasteiger partial charge on any atom is 0.307 e. The molecular formula is C15H23N3O2. The largest absolute Gasteiger partial charge is 0.469 e. The Morgan fingerprint density at radius 3 is 2.70 bits per heavy atom. The van der Waals surface area contributed by atoms with Gasteiger partial charge in [0.25, 0.3) is 0 Å². The minimum atomic E-state index is -0.229. The number of carbonyl (C=O) groups excluding carboxylic acids is 1. The molecule has 0 fully saturated rings. The molecule has 0 saturated heterocycles. The van der Waals surface area contributed by atoms with Gasteiger partial charge in [0.2, 0.25) is 0 Å². The van der Waals surface area contributed by atoms with Crippen LogP contribution >= 0.6 is 0 Å². The third-order valence-corrected chi connectivity index (χ3v) is 2.86. The van der Waals surface area contributed by atoms with Gasteiger partial charge in [-0.1, -0.05) is 24.3 Å². The second-order valence-corrected chi connectivity index (χ2v) is 4.37. The fourth-order valence-corrected chi connectivity index (χ4v) is 1.68. The number of esters is 1. The second kappa shape index (κ2) is 8.96. The Labute approximate surface area is 120 Å². The van der Waals surface area contributed by atoms with Gasteiger partial charge in [-0.05, 0) is 25.0 Å². The molecule has 5 heteroatoms. The molecule has 0 spiro atoms. The summed E-state index contributed by atoms with van der Waals surface area (Å²) < 4.78 is 4.60. The number of aliphatic imine (C=N–C) groups is 1. The average molecular weight is 277 g/mol. The lowest BCUT2D eigenvalue weighted by molar-refractivity contribution is -0.140. The van der Waals surface area contributed by atoms with Crippen LogP contribution in [0.15, 0.2) is 29.3 Å². The van der Waals surface area contributed by atoms with Crippen LogP contribution in [-0.4, -0.2) is 32.1 Å². The molecule has 1 rings (SSSR count). The molecule has 0 aromatic heterocycles. The standard InChI is InChI=1S/C15H23N3O2/c1-4-16-15(17-10-9-14(19)20-3)18-11-13-8-6-5-7-12(13)2/h5-8H,4,9-11H2,1-3H3,(H2,16,17,18). The predicted molar refractivity (Wildman–Crippen MR) is 80.6 cm³/mol. The first-order valence-corrected chi connectivity index (χ1v) is 6.81. The molecule has 0 aliphatic rings. The number of carbonyl (C=O) groups is 1. The number of ether oxygens (including phenoxy) is 1. The van der Waals surface area contributed by atoms with Gasteiger partial charge in [-0.2, -0.15) is 0 Å². The summed E-state index contributed by atoms with van der Waals surface area (Å²) >= 11 is 0. The number of nitrogens with one attached hydrogen (secondary N) is 2. The topological polar surface area (TPSA) is 62.7 Å². The third-order valence-electron chi connectivity index (χ3n) is 2.86. The van der Waals surface area contributed by atoms with Crippen LogP contribution in [-0.2, 0) is 16.1 Å². The molecule has 0 saturated carbocycles. The van der Waals surface area contributed by atoms with Crippen molar-refractivity contribution in [3.63, 3.8) is 0 Å². The first-order chi connectivity index (χ1) is 9.67. The zero-order valence-corrected chi connectivity index (χ0v) is 12.4. The van der Waals surface area contributed by atoms with Gasteiger partial charge in [0.15, 0.2) is 5.96 Å². The Kier molecular flexibility index (Phi) is 7.17. The normalized spacial score (nSPS) is 11.1. The molecule has 0 aliphatic heterocycles. The lowest BCUT2D eigenvalue weighted by Gasteiger charge is -2.11. The summed E-state index contributed by atoms with van der Waals surface area (Å²) in [5, 5.41) is 6.26. The Balaban J connectivity index is 2.54. The number of guanidine groups is 1. The summed E-state index contributed by atoms with van der Waals surface area (Å²) in [6, 6.07) is 8.16. The lowest BCUT2D eigenvalue weighted by atomic mass is 10.1. The average Bonchev–Trinajstić information content (AvgIpc) is 2.46. The molecule has 5 nitrogen and oxygen atoms in total. The number of hydrogen-bond acceptors (Lipinski definition) is 3. The second-order valence-electron chi connectivity index (χ2n) is 4.37. The number of nitrogens with zero attached hydrogens (tertiary/aromatic N) is 1. The van der Waals surface area contributed by atoms with Crippen molar-refractivity contribution in [2.75, 3.05) is 20.2 Å². The Hall–Kier alpha value is -2.04. The summed E-state index contributed by atoms with van der Waals surface area (Å²) in [4.78, 5) is 15.6. The van der Waals surface area contributed by atoms with E-state index in [9.17, 15) is 4.79 Å². The smallest absolute Gasteiger partial charge is 0.307 e. The van der Waals surface area contributed by atoms with Gasteiger partial charge >= 0.3 is 5.97 Å². The van der Waals surface area contributed by atoms with Crippen LogP contribution in [0.4, 0.5) is 0 Å². The van der Waals surface area contributed by atoms with Crippen molar-refractivity contribution in [1.82, 2.24) is 10.6 Å². The van der Waals surface area contributed by atoms with E-state index in [0.717, 1.165) is 6.54 Å². The highest BCUT2D eigenvalue weighted by molar-refractivity contribution is 5.80. The fraction of sp³-hybridized carbons (Fsp3) is 0.467. The number of aryl methyl sites for hydroxylation is 1. The molecule has 110 valence electrons. The van der Waals surface area contributed by atoms with Crippen molar-refractivity contribution in [2.24, 2.45) is 4.99 Å². The molecule has 0 amide bonds. The zero-order valence-electron chi connectivity index (χ0n) is 12.4. The SMILES string of the molecule is CCNC(=NCc1ccccc1C)NCCC(=O)OC. The maximum atomic E-state index is 11.1. The first kappa shape index (κ1) is 16.0. The van der Waals surface area contributed by atoms with E-state index in [2.05, 4.69) is 39.4 Å². The third kappa shape index (κ3) is 5.73. The summed E-state index contributed by atoms with van der Waals surface area (Å²) in [6.07, 6.45) is 0.325. The van der Waals surface area contributed by atoms with E-state index in [0.29, 0.717) is 25.5 Å². The maximum absolute atomic E-state index is 11.1. The number of hydrogen-bond donors (Lipinski definition) is 2. The van der Waals surface area contributed by atoms with Crippen molar-refractivity contribution in [3.8, 4) is 0 Å². The van der Waals surface area contributed by atoms with Crippen LogP contribution in [0.2, 0.25) is 0 Å². The van der Waals surface area contributed by atoms with Crippen LogP contribution < -0.4 is 10.6 Å². The van der Waals surface area contributed by atoms with Gasteiger partial charge in [-0.25, -0.2) is 4.99 Å². The highest BCUT2D eigenvalue weighted by Gasteiger charge is 2.02. The van der Waals surface area contributed by atoms with E-state index in [4.69, 9.17) is 0 Å². The summed E-state index contributed by atoms with van der Waals surface area (Å²) in [6.45, 7) is 5.97. The van der Waals surface area contributed by atoms with Crippen LogP contribution in [0.1, 0.15) is 24.5 Å². The molecule has 0 aliphatic carbocycles. The van der Waals surface area contributed by atoms with Crippen molar-refractivity contribution in [1.29, 1.82) is 0 Å². The quantitative estimate of drug-likeness (QED) is 0.471. The Morgan fingerprint density at radius 1 is 1.30 bits per heavy atom. The van der Waals surface area contributed by atoms with Gasteiger partial charge in [-0.15, -0.1) is 0 Å². The van der Waals surface area contributed by atoms with E-state index >= 15 is 0 Å². The monoisotopic (exact) mass is 277 g/mol. The van der Waals surface area contributed by atoms with Crippen molar-refractivity contribution in [2.45, 2.75) is 26.8 Å². The molecule has 0 unspecified atom stereocenters. The van der Waals surface area contributed by atoms with E-state index in [1.54, 1.807) is 0 Å². The van der Waals surface area contributed by atoms with Gasteiger partial charge in [-0.3, -0.25) is 4.79 Å². The number of methoxy groups -OCH3 is 1. The molecule has 0 atom stereocenters. The van der Waals surface area contributed by atoms with Crippen LogP contribution in [0.5, 0.6) is 0 Å².